The van der Waals surface area contributed by atoms with Crippen LogP contribution in [0.15, 0.2) is 43.0 Å². The molecule has 0 amide bonds. The van der Waals surface area contributed by atoms with E-state index in [-0.39, 0.29) is 0 Å². The van der Waals surface area contributed by atoms with Crippen LogP contribution in [-0.2, 0) is 20.0 Å². The number of aryl methyl sites for hydroxylation is 1. The highest BCUT2D eigenvalue weighted by atomic mass is 15.2. The van der Waals surface area contributed by atoms with Gasteiger partial charge in [0.25, 0.3) is 0 Å². The van der Waals surface area contributed by atoms with E-state index in [0.717, 1.165) is 42.0 Å². The van der Waals surface area contributed by atoms with Crippen LogP contribution in [-0.4, -0.2) is 31.5 Å². The highest BCUT2D eigenvalue weighted by molar-refractivity contribution is 5.61. The standard InChI is InChI=1S/C15H18N6/c1-21-8-5-14(20-21)4-7-17-10-13-11-18-19-15(13)12-3-2-6-16-9-12/h2-3,5-6,8-9,11,17H,4,7,10H2,1H3,(H,18,19). The summed E-state index contributed by atoms with van der Waals surface area (Å²) < 4.78 is 1.83. The number of rotatable bonds is 6. The summed E-state index contributed by atoms with van der Waals surface area (Å²) in [7, 11) is 1.93. The van der Waals surface area contributed by atoms with Crippen LogP contribution in [0.1, 0.15) is 11.3 Å². The molecule has 0 atom stereocenters. The summed E-state index contributed by atoms with van der Waals surface area (Å²) in [5.41, 5.74) is 4.32. The summed E-state index contributed by atoms with van der Waals surface area (Å²) in [6.07, 6.45) is 8.35. The first kappa shape index (κ1) is 13.5. The van der Waals surface area contributed by atoms with Crippen LogP contribution in [0.2, 0.25) is 0 Å². The van der Waals surface area contributed by atoms with Gasteiger partial charge in [0, 0.05) is 56.3 Å². The number of aromatic nitrogens is 5. The SMILES string of the molecule is Cn1ccc(CCNCc2cn[nH]c2-c2cccnc2)n1. The van der Waals surface area contributed by atoms with E-state index in [9.17, 15) is 0 Å². The Bertz CT molecular complexity index is 685. The number of hydrogen-bond donors (Lipinski definition) is 2. The summed E-state index contributed by atoms with van der Waals surface area (Å²) in [4.78, 5) is 4.14. The molecule has 3 aromatic rings. The van der Waals surface area contributed by atoms with E-state index in [1.54, 1.807) is 6.20 Å². The molecule has 0 fully saturated rings. The summed E-state index contributed by atoms with van der Waals surface area (Å²) in [5.74, 6) is 0. The average Bonchev–Trinajstić information content (AvgIpc) is 3.13. The molecule has 21 heavy (non-hydrogen) atoms. The van der Waals surface area contributed by atoms with Crippen molar-refractivity contribution in [2.75, 3.05) is 6.54 Å². The molecule has 3 rings (SSSR count). The largest absolute Gasteiger partial charge is 0.312 e. The maximum atomic E-state index is 4.36. The molecule has 0 aliphatic rings. The molecule has 2 N–H and O–H groups in total. The lowest BCUT2D eigenvalue weighted by Crippen LogP contribution is -2.17. The van der Waals surface area contributed by atoms with Gasteiger partial charge in [-0.15, -0.1) is 0 Å². The fourth-order valence-corrected chi connectivity index (χ4v) is 2.24. The Hall–Kier alpha value is -2.47. The first-order chi connectivity index (χ1) is 10.3. The molecule has 0 aliphatic carbocycles. The molecular weight excluding hydrogens is 264 g/mol. The number of pyridine rings is 1. The number of nitrogens with one attached hydrogen (secondary N) is 2. The molecule has 0 bridgehead atoms. The summed E-state index contributed by atoms with van der Waals surface area (Å²) in [6, 6.07) is 5.99. The molecule has 0 radical (unpaired) electrons. The Balaban J connectivity index is 1.55. The first-order valence-electron chi connectivity index (χ1n) is 6.95. The minimum absolute atomic E-state index is 0.771. The second-order valence-corrected chi connectivity index (χ2v) is 4.92. The summed E-state index contributed by atoms with van der Waals surface area (Å²) >= 11 is 0. The third kappa shape index (κ3) is 3.35. The number of nitrogens with zero attached hydrogens (tertiary/aromatic N) is 4. The molecule has 0 aliphatic heterocycles. The second-order valence-electron chi connectivity index (χ2n) is 4.92. The molecule has 0 unspecified atom stereocenters. The Kier molecular flexibility index (Phi) is 4.07. The van der Waals surface area contributed by atoms with Gasteiger partial charge >= 0.3 is 0 Å². The Morgan fingerprint density at radius 3 is 3.00 bits per heavy atom. The van der Waals surface area contributed by atoms with E-state index in [4.69, 9.17) is 0 Å². The van der Waals surface area contributed by atoms with E-state index in [0.29, 0.717) is 0 Å². The predicted molar refractivity (Wildman–Crippen MR) is 80.4 cm³/mol. The van der Waals surface area contributed by atoms with Gasteiger partial charge in [0.2, 0.25) is 0 Å². The number of aromatic amines is 1. The van der Waals surface area contributed by atoms with Gasteiger partial charge < -0.3 is 5.32 Å². The van der Waals surface area contributed by atoms with Gasteiger partial charge in [0.05, 0.1) is 17.6 Å². The molecular formula is C15H18N6. The quantitative estimate of drug-likeness (QED) is 0.673. The lowest BCUT2D eigenvalue weighted by atomic mass is 10.1. The fraction of sp³-hybridized carbons (Fsp3) is 0.267. The molecule has 0 saturated heterocycles. The zero-order valence-corrected chi connectivity index (χ0v) is 12.0. The van der Waals surface area contributed by atoms with Gasteiger partial charge in [-0.2, -0.15) is 10.2 Å². The van der Waals surface area contributed by atoms with Crippen LogP contribution < -0.4 is 5.32 Å². The molecule has 0 spiro atoms. The first-order valence-corrected chi connectivity index (χ1v) is 6.95. The van der Waals surface area contributed by atoms with Crippen LogP contribution in [0, 0.1) is 0 Å². The maximum absolute atomic E-state index is 4.36. The van der Waals surface area contributed by atoms with Gasteiger partial charge in [0.15, 0.2) is 0 Å². The summed E-state index contributed by atoms with van der Waals surface area (Å²) in [5, 5.41) is 15.0. The Labute approximate surface area is 123 Å². The van der Waals surface area contributed by atoms with Gasteiger partial charge in [-0.1, -0.05) is 0 Å². The van der Waals surface area contributed by atoms with Crippen molar-refractivity contribution in [1.82, 2.24) is 30.3 Å². The minimum atomic E-state index is 0.771. The third-order valence-electron chi connectivity index (χ3n) is 3.31. The highest BCUT2D eigenvalue weighted by Crippen LogP contribution is 2.19. The minimum Gasteiger partial charge on any atom is -0.312 e. The molecule has 3 aromatic heterocycles. The number of hydrogen-bond acceptors (Lipinski definition) is 4. The highest BCUT2D eigenvalue weighted by Gasteiger charge is 2.07. The van der Waals surface area contributed by atoms with E-state index in [1.807, 2.05) is 48.5 Å². The monoisotopic (exact) mass is 282 g/mol. The lowest BCUT2D eigenvalue weighted by molar-refractivity contribution is 0.666. The Morgan fingerprint density at radius 2 is 2.24 bits per heavy atom. The van der Waals surface area contributed by atoms with E-state index < -0.39 is 0 Å². The Morgan fingerprint density at radius 1 is 1.29 bits per heavy atom. The van der Waals surface area contributed by atoms with Crippen LogP contribution >= 0.6 is 0 Å². The van der Waals surface area contributed by atoms with E-state index in [1.165, 1.54) is 0 Å². The van der Waals surface area contributed by atoms with Crippen molar-refractivity contribution in [2.45, 2.75) is 13.0 Å². The smallest absolute Gasteiger partial charge is 0.0710 e. The van der Waals surface area contributed by atoms with Crippen LogP contribution in [0.5, 0.6) is 0 Å². The molecule has 6 nitrogen and oxygen atoms in total. The van der Waals surface area contributed by atoms with Gasteiger partial charge in [-0.25, -0.2) is 0 Å². The van der Waals surface area contributed by atoms with Crippen molar-refractivity contribution in [1.29, 1.82) is 0 Å². The second kappa shape index (κ2) is 6.32. The topological polar surface area (TPSA) is 71.4 Å². The average molecular weight is 282 g/mol. The molecule has 3 heterocycles. The van der Waals surface area contributed by atoms with E-state index >= 15 is 0 Å². The third-order valence-corrected chi connectivity index (χ3v) is 3.31. The molecule has 0 aromatic carbocycles. The zero-order valence-electron chi connectivity index (χ0n) is 12.0. The molecule has 0 saturated carbocycles. The maximum Gasteiger partial charge on any atom is 0.0710 e. The lowest BCUT2D eigenvalue weighted by Gasteiger charge is -2.05. The molecule has 108 valence electrons. The van der Waals surface area contributed by atoms with Crippen LogP contribution in [0.3, 0.4) is 0 Å². The van der Waals surface area contributed by atoms with Gasteiger partial charge in [0.1, 0.15) is 0 Å². The van der Waals surface area contributed by atoms with Crippen LogP contribution in [0.4, 0.5) is 0 Å². The van der Waals surface area contributed by atoms with Crippen molar-refractivity contribution in [2.24, 2.45) is 7.05 Å². The normalized spacial score (nSPS) is 10.9. The van der Waals surface area contributed by atoms with Crippen molar-refractivity contribution in [3.8, 4) is 11.3 Å². The van der Waals surface area contributed by atoms with Crippen molar-refractivity contribution < 1.29 is 0 Å². The zero-order chi connectivity index (χ0) is 14.5. The van der Waals surface area contributed by atoms with Crippen molar-refractivity contribution in [3.63, 3.8) is 0 Å². The summed E-state index contributed by atoms with van der Waals surface area (Å²) in [6.45, 7) is 1.65. The predicted octanol–water partition coefficient (Wildman–Crippen LogP) is 1.54. The number of H-pyrrole nitrogens is 1. The van der Waals surface area contributed by atoms with Gasteiger partial charge in [-0.3, -0.25) is 14.8 Å². The van der Waals surface area contributed by atoms with E-state index in [2.05, 4.69) is 25.6 Å². The fourth-order valence-electron chi connectivity index (χ4n) is 2.24. The molecule has 6 heteroatoms. The van der Waals surface area contributed by atoms with Crippen molar-refractivity contribution in [3.05, 3.63) is 54.2 Å². The van der Waals surface area contributed by atoms with Crippen molar-refractivity contribution >= 4 is 0 Å². The van der Waals surface area contributed by atoms with Crippen LogP contribution in [0.25, 0.3) is 11.3 Å². The van der Waals surface area contributed by atoms with Gasteiger partial charge in [-0.05, 0) is 18.2 Å².